The van der Waals surface area contributed by atoms with Crippen LogP contribution in [-0.2, 0) is 10.2 Å². The van der Waals surface area contributed by atoms with Crippen molar-refractivity contribution in [3.8, 4) is 0 Å². The standard InChI is InChI=1S/C18H30N2O2/c1-17(2,3)14-10-8-13(9-11-14)15(12-19)20(7)16(21)22-18(4,5)6/h8-11,15H,12,19H2,1-7H3. The topological polar surface area (TPSA) is 55.6 Å². The monoisotopic (exact) mass is 306 g/mol. The summed E-state index contributed by atoms with van der Waals surface area (Å²) >= 11 is 0. The molecule has 1 atom stereocenters. The molecule has 0 radical (unpaired) electrons. The van der Waals surface area contributed by atoms with Crippen molar-refractivity contribution in [2.24, 2.45) is 5.73 Å². The van der Waals surface area contributed by atoms with Crippen LogP contribution >= 0.6 is 0 Å². The average Bonchev–Trinajstić information content (AvgIpc) is 2.37. The van der Waals surface area contributed by atoms with Crippen LogP contribution in [0.2, 0.25) is 0 Å². The predicted molar refractivity (Wildman–Crippen MR) is 90.9 cm³/mol. The van der Waals surface area contributed by atoms with E-state index in [1.165, 1.54) is 5.56 Å². The minimum absolute atomic E-state index is 0.105. The molecule has 0 aromatic heterocycles. The zero-order valence-electron chi connectivity index (χ0n) is 14.9. The van der Waals surface area contributed by atoms with Crippen LogP contribution in [0, 0.1) is 0 Å². The Labute approximate surface area is 134 Å². The second kappa shape index (κ2) is 6.69. The number of hydrogen-bond acceptors (Lipinski definition) is 3. The largest absolute Gasteiger partial charge is 0.444 e. The number of rotatable bonds is 3. The van der Waals surface area contributed by atoms with Crippen LogP contribution in [0.1, 0.15) is 58.7 Å². The lowest BCUT2D eigenvalue weighted by molar-refractivity contribution is 0.0225. The molecule has 1 amide bonds. The first-order valence-electron chi connectivity index (χ1n) is 7.72. The van der Waals surface area contributed by atoms with Gasteiger partial charge in [-0.3, -0.25) is 0 Å². The second-order valence-electron chi connectivity index (χ2n) is 7.71. The summed E-state index contributed by atoms with van der Waals surface area (Å²) in [6.07, 6.45) is -0.358. The van der Waals surface area contributed by atoms with E-state index in [2.05, 4.69) is 32.9 Å². The van der Waals surface area contributed by atoms with Gasteiger partial charge in [-0.1, -0.05) is 45.0 Å². The summed E-state index contributed by atoms with van der Waals surface area (Å²) < 4.78 is 5.41. The second-order valence-corrected chi connectivity index (χ2v) is 7.71. The van der Waals surface area contributed by atoms with Crippen molar-refractivity contribution < 1.29 is 9.53 Å². The maximum Gasteiger partial charge on any atom is 0.410 e. The van der Waals surface area contributed by atoms with Crippen molar-refractivity contribution >= 4 is 6.09 Å². The van der Waals surface area contributed by atoms with Crippen LogP contribution in [0.5, 0.6) is 0 Å². The van der Waals surface area contributed by atoms with Crippen molar-refractivity contribution in [1.29, 1.82) is 0 Å². The minimum Gasteiger partial charge on any atom is -0.444 e. The molecular formula is C18H30N2O2. The smallest absolute Gasteiger partial charge is 0.410 e. The van der Waals surface area contributed by atoms with Gasteiger partial charge in [-0.05, 0) is 37.3 Å². The highest BCUT2D eigenvalue weighted by molar-refractivity contribution is 5.68. The van der Waals surface area contributed by atoms with Crippen molar-refractivity contribution in [3.63, 3.8) is 0 Å². The number of ether oxygens (including phenoxy) is 1. The fourth-order valence-electron chi connectivity index (χ4n) is 2.18. The van der Waals surface area contributed by atoms with Crippen LogP contribution in [0.3, 0.4) is 0 Å². The molecule has 0 aliphatic rings. The Morgan fingerprint density at radius 2 is 1.64 bits per heavy atom. The van der Waals surface area contributed by atoms with Gasteiger partial charge in [0.15, 0.2) is 0 Å². The Balaban J connectivity index is 2.94. The summed E-state index contributed by atoms with van der Waals surface area (Å²) in [6.45, 7) is 12.4. The predicted octanol–water partition coefficient (Wildman–Crippen LogP) is 3.85. The number of carbonyl (C=O) groups excluding carboxylic acids is 1. The van der Waals surface area contributed by atoms with E-state index in [1.807, 2.05) is 32.9 Å². The number of nitrogens with zero attached hydrogens (tertiary/aromatic N) is 1. The molecule has 0 saturated heterocycles. The van der Waals surface area contributed by atoms with Gasteiger partial charge < -0.3 is 15.4 Å². The number of nitrogens with two attached hydrogens (primary N) is 1. The van der Waals surface area contributed by atoms with Crippen LogP contribution in [-0.4, -0.2) is 30.2 Å². The van der Waals surface area contributed by atoms with Gasteiger partial charge in [0, 0.05) is 13.6 Å². The Kier molecular flexibility index (Phi) is 5.63. The van der Waals surface area contributed by atoms with Crippen molar-refractivity contribution in [3.05, 3.63) is 35.4 Å². The normalized spacial score (nSPS) is 13.6. The van der Waals surface area contributed by atoms with Crippen LogP contribution in [0.15, 0.2) is 24.3 Å². The van der Waals surface area contributed by atoms with E-state index in [1.54, 1.807) is 11.9 Å². The molecule has 4 nitrogen and oxygen atoms in total. The van der Waals surface area contributed by atoms with E-state index in [9.17, 15) is 4.79 Å². The first-order valence-corrected chi connectivity index (χ1v) is 7.72. The van der Waals surface area contributed by atoms with Crippen molar-refractivity contribution in [1.82, 2.24) is 4.90 Å². The molecule has 0 heterocycles. The molecule has 22 heavy (non-hydrogen) atoms. The molecule has 124 valence electrons. The number of benzene rings is 1. The number of likely N-dealkylation sites (N-methyl/N-ethyl adjacent to an activating group) is 1. The molecular weight excluding hydrogens is 276 g/mol. The van der Waals surface area contributed by atoms with Crippen molar-refractivity contribution in [2.75, 3.05) is 13.6 Å². The van der Waals surface area contributed by atoms with Crippen LogP contribution < -0.4 is 5.73 Å². The van der Waals surface area contributed by atoms with Gasteiger partial charge in [0.05, 0.1) is 6.04 Å². The molecule has 0 spiro atoms. The highest BCUT2D eigenvalue weighted by Gasteiger charge is 2.26. The summed E-state index contributed by atoms with van der Waals surface area (Å²) in [7, 11) is 1.73. The average molecular weight is 306 g/mol. The first-order chi connectivity index (χ1) is 9.95. The van der Waals surface area contributed by atoms with Gasteiger partial charge in [-0.25, -0.2) is 4.79 Å². The molecule has 0 aliphatic carbocycles. The lowest BCUT2D eigenvalue weighted by Crippen LogP contribution is -2.39. The molecule has 4 heteroatoms. The summed E-state index contributed by atoms with van der Waals surface area (Å²) in [6, 6.07) is 8.09. The molecule has 1 rings (SSSR count). The molecule has 0 fully saturated rings. The fourth-order valence-corrected chi connectivity index (χ4v) is 2.18. The number of carbonyl (C=O) groups is 1. The lowest BCUT2D eigenvalue weighted by Gasteiger charge is -2.30. The van der Waals surface area contributed by atoms with Gasteiger partial charge in [0.2, 0.25) is 0 Å². The number of amides is 1. The van der Waals surface area contributed by atoms with Crippen molar-refractivity contribution in [2.45, 2.75) is 58.6 Å². The molecule has 0 bridgehead atoms. The van der Waals surface area contributed by atoms with E-state index in [0.29, 0.717) is 6.54 Å². The molecule has 2 N–H and O–H groups in total. The third-order valence-electron chi connectivity index (χ3n) is 3.53. The van der Waals surface area contributed by atoms with Gasteiger partial charge in [0.25, 0.3) is 0 Å². The first kappa shape index (κ1) is 18.5. The maximum absolute atomic E-state index is 12.2. The quantitative estimate of drug-likeness (QED) is 0.922. The Morgan fingerprint density at radius 1 is 1.14 bits per heavy atom. The zero-order chi connectivity index (χ0) is 17.1. The minimum atomic E-state index is -0.513. The van der Waals surface area contributed by atoms with E-state index >= 15 is 0 Å². The SMILES string of the molecule is CN(C(=O)OC(C)(C)C)C(CN)c1ccc(C(C)(C)C)cc1. The van der Waals surface area contributed by atoms with Crippen LogP contribution in [0.4, 0.5) is 4.79 Å². The molecule has 1 aromatic rings. The maximum atomic E-state index is 12.2. The van der Waals surface area contributed by atoms with E-state index in [0.717, 1.165) is 5.56 Å². The van der Waals surface area contributed by atoms with Crippen LogP contribution in [0.25, 0.3) is 0 Å². The summed E-state index contributed by atoms with van der Waals surface area (Å²) in [5.74, 6) is 0. The third kappa shape index (κ3) is 5.02. The van der Waals surface area contributed by atoms with Gasteiger partial charge in [0.1, 0.15) is 5.60 Å². The molecule has 0 saturated carbocycles. The van der Waals surface area contributed by atoms with Gasteiger partial charge >= 0.3 is 6.09 Å². The molecule has 0 aliphatic heterocycles. The third-order valence-corrected chi connectivity index (χ3v) is 3.53. The van der Waals surface area contributed by atoms with E-state index in [4.69, 9.17) is 10.5 Å². The highest BCUT2D eigenvalue weighted by Crippen LogP contribution is 2.26. The lowest BCUT2D eigenvalue weighted by atomic mass is 9.86. The van der Waals surface area contributed by atoms with E-state index < -0.39 is 5.60 Å². The molecule has 1 aromatic carbocycles. The summed E-state index contributed by atoms with van der Waals surface area (Å²) in [4.78, 5) is 13.8. The van der Waals surface area contributed by atoms with E-state index in [-0.39, 0.29) is 17.6 Å². The summed E-state index contributed by atoms with van der Waals surface area (Å²) in [5, 5.41) is 0. The highest BCUT2D eigenvalue weighted by atomic mass is 16.6. The van der Waals surface area contributed by atoms with Gasteiger partial charge in [-0.15, -0.1) is 0 Å². The summed E-state index contributed by atoms with van der Waals surface area (Å²) in [5.41, 5.74) is 7.75. The Morgan fingerprint density at radius 3 is 2.00 bits per heavy atom. The molecule has 1 unspecified atom stereocenters. The number of hydrogen-bond donors (Lipinski definition) is 1. The van der Waals surface area contributed by atoms with Gasteiger partial charge in [-0.2, -0.15) is 0 Å². The Bertz CT molecular complexity index is 495. The Hall–Kier alpha value is -1.55. The zero-order valence-corrected chi connectivity index (χ0v) is 14.9. The fraction of sp³-hybridized carbons (Fsp3) is 0.611.